The summed E-state index contributed by atoms with van der Waals surface area (Å²) in [6, 6.07) is 12.0. The van der Waals surface area contributed by atoms with Gasteiger partial charge in [-0.25, -0.2) is 8.78 Å². The zero-order valence-electron chi connectivity index (χ0n) is 11.1. The Kier molecular flexibility index (Phi) is 4.27. The third kappa shape index (κ3) is 2.99. The van der Waals surface area contributed by atoms with Crippen LogP contribution in [0.25, 0.3) is 11.1 Å². The van der Waals surface area contributed by atoms with Crippen molar-refractivity contribution in [1.82, 2.24) is 5.32 Å². The Hall–Kier alpha value is -1.74. The average molecular weight is 261 g/mol. The Labute approximate surface area is 112 Å². The summed E-state index contributed by atoms with van der Waals surface area (Å²) in [6.07, 6.45) is 0. The number of nitrogens with one attached hydrogen (secondary N) is 1. The van der Waals surface area contributed by atoms with Gasteiger partial charge in [0.05, 0.1) is 0 Å². The van der Waals surface area contributed by atoms with E-state index in [2.05, 4.69) is 12.2 Å². The molecule has 0 aliphatic heterocycles. The number of benzene rings is 2. The van der Waals surface area contributed by atoms with Crippen LogP contribution in [-0.2, 0) is 0 Å². The summed E-state index contributed by atoms with van der Waals surface area (Å²) in [7, 11) is 0. The molecule has 0 amide bonds. The normalized spacial score (nSPS) is 12.4. The summed E-state index contributed by atoms with van der Waals surface area (Å²) in [4.78, 5) is 0. The van der Waals surface area contributed by atoms with E-state index in [-0.39, 0.29) is 6.04 Å². The first-order valence-electron chi connectivity index (χ1n) is 6.41. The van der Waals surface area contributed by atoms with Crippen LogP contribution in [0, 0.1) is 11.6 Å². The van der Waals surface area contributed by atoms with Crippen molar-refractivity contribution < 1.29 is 8.78 Å². The van der Waals surface area contributed by atoms with Gasteiger partial charge in [0, 0.05) is 11.6 Å². The van der Waals surface area contributed by atoms with Gasteiger partial charge in [-0.2, -0.15) is 0 Å². The topological polar surface area (TPSA) is 12.0 Å². The zero-order chi connectivity index (χ0) is 13.8. The molecule has 0 aromatic heterocycles. The van der Waals surface area contributed by atoms with Gasteiger partial charge in [0.2, 0.25) is 0 Å². The van der Waals surface area contributed by atoms with Gasteiger partial charge in [-0.05, 0) is 30.7 Å². The minimum atomic E-state index is -0.817. The number of hydrogen-bond acceptors (Lipinski definition) is 1. The molecule has 0 saturated heterocycles. The lowest BCUT2D eigenvalue weighted by Crippen LogP contribution is -2.17. The molecule has 0 aliphatic carbocycles. The van der Waals surface area contributed by atoms with E-state index in [0.29, 0.717) is 11.1 Å². The molecule has 1 N–H and O–H groups in total. The molecule has 0 aliphatic rings. The van der Waals surface area contributed by atoms with E-state index in [1.165, 1.54) is 6.07 Å². The highest BCUT2D eigenvalue weighted by atomic mass is 19.2. The second-order valence-electron chi connectivity index (χ2n) is 4.50. The highest BCUT2D eigenvalue weighted by molar-refractivity contribution is 5.64. The van der Waals surface area contributed by atoms with Crippen LogP contribution in [0.2, 0.25) is 0 Å². The molecule has 0 fully saturated rings. The van der Waals surface area contributed by atoms with E-state index in [9.17, 15) is 8.78 Å². The second-order valence-corrected chi connectivity index (χ2v) is 4.50. The van der Waals surface area contributed by atoms with Gasteiger partial charge >= 0.3 is 0 Å². The Morgan fingerprint density at radius 1 is 1.05 bits per heavy atom. The fourth-order valence-corrected chi connectivity index (χ4v) is 2.10. The lowest BCUT2D eigenvalue weighted by molar-refractivity contribution is 0.511. The van der Waals surface area contributed by atoms with E-state index in [1.807, 2.05) is 31.2 Å². The second kappa shape index (κ2) is 5.93. The molecular weight excluding hydrogens is 244 g/mol. The summed E-state index contributed by atoms with van der Waals surface area (Å²) in [5.74, 6) is -1.61. The fraction of sp³-hybridized carbons (Fsp3) is 0.250. The minimum absolute atomic E-state index is 0.247. The van der Waals surface area contributed by atoms with Crippen molar-refractivity contribution in [3.05, 3.63) is 59.7 Å². The summed E-state index contributed by atoms with van der Waals surface area (Å²) < 4.78 is 26.9. The SMILES string of the molecule is CCNC(C)c1ccc(-c2cccc(F)c2F)cc1. The summed E-state index contributed by atoms with van der Waals surface area (Å²) >= 11 is 0. The standard InChI is InChI=1S/C16H17F2N/c1-3-19-11(2)12-7-9-13(10-8-12)14-5-4-6-15(17)16(14)18/h4-11,19H,3H2,1-2H3. The molecule has 1 nitrogen and oxygen atoms in total. The number of rotatable bonds is 4. The van der Waals surface area contributed by atoms with Crippen LogP contribution < -0.4 is 5.32 Å². The van der Waals surface area contributed by atoms with Crippen LogP contribution >= 0.6 is 0 Å². The van der Waals surface area contributed by atoms with Crippen LogP contribution in [-0.4, -0.2) is 6.54 Å². The predicted molar refractivity (Wildman–Crippen MR) is 73.9 cm³/mol. The van der Waals surface area contributed by atoms with Gasteiger partial charge in [0.1, 0.15) is 0 Å². The maximum absolute atomic E-state index is 13.7. The first kappa shape index (κ1) is 13.7. The van der Waals surface area contributed by atoms with Crippen molar-refractivity contribution in [2.24, 2.45) is 0 Å². The summed E-state index contributed by atoms with van der Waals surface area (Å²) in [6.45, 7) is 5.01. The van der Waals surface area contributed by atoms with Gasteiger partial charge in [0.25, 0.3) is 0 Å². The largest absolute Gasteiger partial charge is 0.310 e. The van der Waals surface area contributed by atoms with Crippen molar-refractivity contribution in [2.75, 3.05) is 6.54 Å². The molecule has 3 heteroatoms. The third-order valence-electron chi connectivity index (χ3n) is 3.18. The van der Waals surface area contributed by atoms with Gasteiger partial charge in [-0.15, -0.1) is 0 Å². The molecule has 0 bridgehead atoms. The molecular formula is C16H17F2N. The molecule has 1 unspecified atom stereocenters. The molecule has 2 aromatic rings. The van der Waals surface area contributed by atoms with Crippen molar-refractivity contribution in [3.63, 3.8) is 0 Å². The number of halogens is 2. The predicted octanol–water partition coefficient (Wildman–Crippen LogP) is 4.30. The lowest BCUT2D eigenvalue weighted by Gasteiger charge is -2.13. The Bertz CT molecular complexity index is 549. The molecule has 2 aromatic carbocycles. The Balaban J connectivity index is 2.30. The first-order chi connectivity index (χ1) is 9.13. The average Bonchev–Trinajstić information content (AvgIpc) is 2.42. The van der Waals surface area contributed by atoms with E-state index >= 15 is 0 Å². The molecule has 0 radical (unpaired) electrons. The molecule has 1 atom stereocenters. The summed E-state index contributed by atoms with van der Waals surface area (Å²) in [5, 5.41) is 3.31. The van der Waals surface area contributed by atoms with Gasteiger partial charge < -0.3 is 5.32 Å². The molecule has 0 spiro atoms. The molecule has 100 valence electrons. The van der Waals surface area contributed by atoms with Crippen LogP contribution in [0.15, 0.2) is 42.5 Å². The van der Waals surface area contributed by atoms with E-state index in [4.69, 9.17) is 0 Å². The fourth-order valence-electron chi connectivity index (χ4n) is 2.10. The monoisotopic (exact) mass is 261 g/mol. The van der Waals surface area contributed by atoms with E-state index in [1.54, 1.807) is 6.07 Å². The van der Waals surface area contributed by atoms with Gasteiger partial charge in [-0.1, -0.05) is 43.3 Å². The first-order valence-corrected chi connectivity index (χ1v) is 6.41. The summed E-state index contributed by atoms with van der Waals surface area (Å²) in [5.41, 5.74) is 2.11. The minimum Gasteiger partial charge on any atom is -0.310 e. The van der Waals surface area contributed by atoms with Crippen LogP contribution in [0.1, 0.15) is 25.5 Å². The van der Waals surface area contributed by atoms with Crippen LogP contribution in [0.3, 0.4) is 0 Å². The van der Waals surface area contributed by atoms with Crippen LogP contribution in [0.4, 0.5) is 8.78 Å². The Morgan fingerprint density at radius 2 is 1.74 bits per heavy atom. The quantitative estimate of drug-likeness (QED) is 0.865. The number of hydrogen-bond donors (Lipinski definition) is 1. The van der Waals surface area contributed by atoms with E-state index < -0.39 is 11.6 Å². The maximum Gasteiger partial charge on any atom is 0.166 e. The highest BCUT2D eigenvalue weighted by Crippen LogP contribution is 2.25. The van der Waals surface area contributed by atoms with Gasteiger partial charge in [0.15, 0.2) is 11.6 Å². The Morgan fingerprint density at radius 3 is 2.37 bits per heavy atom. The third-order valence-corrected chi connectivity index (χ3v) is 3.18. The van der Waals surface area contributed by atoms with Crippen molar-refractivity contribution in [2.45, 2.75) is 19.9 Å². The highest BCUT2D eigenvalue weighted by Gasteiger charge is 2.10. The lowest BCUT2D eigenvalue weighted by atomic mass is 10.0. The van der Waals surface area contributed by atoms with Crippen molar-refractivity contribution >= 4 is 0 Å². The van der Waals surface area contributed by atoms with Crippen LogP contribution in [0.5, 0.6) is 0 Å². The van der Waals surface area contributed by atoms with Crippen molar-refractivity contribution in [1.29, 1.82) is 0 Å². The molecule has 2 rings (SSSR count). The molecule has 19 heavy (non-hydrogen) atoms. The molecule has 0 heterocycles. The smallest absolute Gasteiger partial charge is 0.166 e. The zero-order valence-corrected chi connectivity index (χ0v) is 11.1. The van der Waals surface area contributed by atoms with Gasteiger partial charge in [-0.3, -0.25) is 0 Å². The van der Waals surface area contributed by atoms with E-state index in [0.717, 1.165) is 18.2 Å². The molecule has 0 saturated carbocycles. The maximum atomic E-state index is 13.7. The van der Waals surface area contributed by atoms with Crippen molar-refractivity contribution in [3.8, 4) is 11.1 Å².